The Morgan fingerprint density at radius 2 is 1.92 bits per heavy atom. The summed E-state index contributed by atoms with van der Waals surface area (Å²) in [4.78, 5) is 26.5. The summed E-state index contributed by atoms with van der Waals surface area (Å²) in [5, 5.41) is 3.62. The zero-order chi connectivity index (χ0) is 18.9. The normalized spacial score (nSPS) is 23.5. The smallest absolute Gasteiger partial charge is 0.407 e. The third kappa shape index (κ3) is 4.91. The number of carbonyl (C=O) groups excluding carboxylic acids is 2. The molecule has 0 radical (unpaired) electrons. The predicted octanol–water partition coefficient (Wildman–Crippen LogP) is 3.96. The lowest BCUT2D eigenvalue weighted by Gasteiger charge is -2.33. The number of likely N-dealkylation sites (tertiary alicyclic amines) is 1. The van der Waals surface area contributed by atoms with E-state index < -0.39 is 5.60 Å². The Morgan fingerprint density at radius 1 is 1.23 bits per heavy atom. The van der Waals surface area contributed by atoms with Gasteiger partial charge in [-0.25, -0.2) is 4.79 Å². The number of rotatable bonds is 3. The highest BCUT2D eigenvalue weighted by molar-refractivity contribution is 6.30. The zero-order valence-electron chi connectivity index (χ0n) is 15.6. The first kappa shape index (κ1) is 19.0. The number of piperidine rings is 1. The number of halogens is 1. The van der Waals surface area contributed by atoms with Crippen LogP contribution in [0, 0.1) is 5.92 Å². The molecule has 2 unspecified atom stereocenters. The van der Waals surface area contributed by atoms with Gasteiger partial charge in [0.2, 0.25) is 5.91 Å². The number of amides is 2. The summed E-state index contributed by atoms with van der Waals surface area (Å²) >= 11 is 6.05. The highest BCUT2D eigenvalue weighted by Gasteiger charge is 2.46. The van der Waals surface area contributed by atoms with Gasteiger partial charge in [-0.3, -0.25) is 4.79 Å². The molecular formula is C20H27ClN2O3. The largest absolute Gasteiger partial charge is 0.444 e. The SMILES string of the molecule is CC(C)(C)OC(=O)NC1CCN(C(=O)C2CC2c2cccc(Cl)c2)CC1. The van der Waals surface area contributed by atoms with Gasteiger partial charge in [0.25, 0.3) is 0 Å². The van der Waals surface area contributed by atoms with Crippen LogP contribution < -0.4 is 5.32 Å². The van der Waals surface area contributed by atoms with E-state index in [0.29, 0.717) is 19.0 Å². The molecule has 1 aromatic carbocycles. The maximum Gasteiger partial charge on any atom is 0.407 e. The van der Waals surface area contributed by atoms with E-state index >= 15 is 0 Å². The number of alkyl carbamates (subject to hydrolysis) is 1. The third-order valence-electron chi connectivity index (χ3n) is 4.91. The van der Waals surface area contributed by atoms with E-state index in [4.69, 9.17) is 16.3 Å². The minimum absolute atomic E-state index is 0.0665. The molecule has 3 rings (SSSR count). The van der Waals surface area contributed by atoms with E-state index in [1.165, 1.54) is 0 Å². The van der Waals surface area contributed by atoms with Crippen molar-refractivity contribution < 1.29 is 14.3 Å². The standard InChI is InChI=1S/C20H27ClN2O3/c1-20(2,3)26-19(25)22-15-7-9-23(10-8-15)18(24)17-12-16(17)13-5-4-6-14(21)11-13/h4-6,11,15-17H,7-10,12H2,1-3H3,(H,22,25). The van der Waals surface area contributed by atoms with Gasteiger partial charge in [0.1, 0.15) is 5.60 Å². The molecule has 26 heavy (non-hydrogen) atoms. The number of nitrogens with one attached hydrogen (secondary N) is 1. The molecule has 2 atom stereocenters. The molecule has 2 amide bonds. The molecule has 142 valence electrons. The Bertz CT molecular complexity index is 678. The summed E-state index contributed by atoms with van der Waals surface area (Å²) < 4.78 is 5.29. The Morgan fingerprint density at radius 3 is 2.54 bits per heavy atom. The topological polar surface area (TPSA) is 58.6 Å². The first-order valence-corrected chi connectivity index (χ1v) is 9.64. The fraction of sp³-hybridized carbons (Fsp3) is 0.600. The minimum Gasteiger partial charge on any atom is -0.444 e. The molecule has 1 aromatic rings. The van der Waals surface area contributed by atoms with Crippen LogP contribution in [0.3, 0.4) is 0 Å². The van der Waals surface area contributed by atoms with Crippen LogP contribution in [0.1, 0.15) is 51.5 Å². The highest BCUT2D eigenvalue weighted by Crippen LogP contribution is 2.49. The monoisotopic (exact) mass is 378 g/mol. The van der Waals surface area contributed by atoms with Crippen molar-refractivity contribution in [3.8, 4) is 0 Å². The van der Waals surface area contributed by atoms with Crippen molar-refractivity contribution in [3.63, 3.8) is 0 Å². The van der Waals surface area contributed by atoms with Crippen molar-refractivity contribution in [3.05, 3.63) is 34.9 Å². The summed E-state index contributed by atoms with van der Waals surface area (Å²) in [6.07, 6.45) is 2.04. The Hall–Kier alpha value is -1.75. The van der Waals surface area contributed by atoms with Crippen molar-refractivity contribution >= 4 is 23.6 Å². The van der Waals surface area contributed by atoms with Crippen molar-refractivity contribution in [2.75, 3.05) is 13.1 Å². The molecule has 2 fully saturated rings. The molecular weight excluding hydrogens is 352 g/mol. The third-order valence-corrected chi connectivity index (χ3v) is 5.15. The lowest BCUT2D eigenvalue weighted by Crippen LogP contribution is -2.48. The molecule has 1 aliphatic carbocycles. The lowest BCUT2D eigenvalue weighted by molar-refractivity contribution is -0.133. The maximum absolute atomic E-state index is 12.7. The molecule has 6 heteroatoms. The molecule has 1 saturated carbocycles. The van der Waals surface area contributed by atoms with Crippen LogP contribution >= 0.6 is 11.6 Å². The Balaban J connectivity index is 1.45. The summed E-state index contributed by atoms with van der Waals surface area (Å²) in [6, 6.07) is 7.85. The fourth-order valence-electron chi connectivity index (χ4n) is 3.53. The van der Waals surface area contributed by atoms with Crippen molar-refractivity contribution in [1.82, 2.24) is 10.2 Å². The first-order chi connectivity index (χ1) is 12.2. The van der Waals surface area contributed by atoms with Gasteiger partial charge in [-0.15, -0.1) is 0 Å². The van der Waals surface area contributed by atoms with E-state index in [1.54, 1.807) is 0 Å². The molecule has 1 saturated heterocycles. The second-order valence-electron chi connectivity index (χ2n) is 8.25. The van der Waals surface area contributed by atoms with Crippen LogP contribution in [0.15, 0.2) is 24.3 Å². The second-order valence-corrected chi connectivity index (χ2v) is 8.69. The molecule has 5 nitrogen and oxygen atoms in total. The number of hydrogen-bond acceptors (Lipinski definition) is 3. The maximum atomic E-state index is 12.7. The molecule has 1 N–H and O–H groups in total. The number of ether oxygens (including phenoxy) is 1. The van der Waals surface area contributed by atoms with Crippen molar-refractivity contribution in [2.24, 2.45) is 5.92 Å². The van der Waals surface area contributed by atoms with Gasteiger partial charge < -0.3 is 15.0 Å². The van der Waals surface area contributed by atoms with Gasteiger partial charge in [0.15, 0.2) is 0 Å². The Kier molecular flexibility index (Phi) is 5.47. The van der Waals surface area contributed by atoms with E-state index in [-0.39, 0.29) is 24.0 Å². The lowest BCUT2D eigenvalue weighted by atomic mass is 10.0. The summed E-state index contributed by atoms with van der Waals surface area (Å²) in [5.74, 6) is 0.591. The zero-order valence-corrected chi connectivity index (χ0v) is 16.4. The average Bonchev–Trinajstić information content (AvgIpc) is 3.34. The van der Waals surface area contributed by atoms with E-state index in [2.05, 4.69) is 5.32 Å². The Labute approximate surface area is 160 Å². The number of benzene rings is 1. The van der Waals surface area contributed by atoms with Gasteiger partial charge in [0.05, 0.1) is 0 Å². The van der Waals surface area contributed by atoms with Gasteiger partial charge >= 0.3 is 6.09 Å². The summed E-state index contributed by atoms with van der Waals surface area (Å²) in [6.45, 7) is 6.90. The van der Waals surface area contributed by atoms with Gasteiger partial charge in [-0.2, -0.15) is 0 Å². The van der Waals surface area contributed by atoms with E-state index in [9.17, 15) is 9.59 Å². The van der Waals surface area contributed by atoms with Gasteiger partial charge in [-0.1, -0.05) is 23.7 Å². The van der Waals surface area contributed by atoms with Crippen LogP contribution in [0.4, 0.5) is 4.79 Å². The molecule has 0 bridgehead atoms. The van der Waals surface area contributed by atoms with E-state index in [0.717, 1.165) is 29.8 Å². The summed E-state index contributed by atoms with van der Waals surface area (Å²) in [5.41, 5.74) is 0.652. The first-order valence-electron chi connectivity index (χ1n) is 9.27. The molecule has 0 aromatic heterocycles. The summed E-state index contributed by atoms with van der Waals surface area (Å²) in [7, 11) is 0. The number of hydrogen-bond donors (Lipinski definition) is 1. The minimum atomic E-state index is -0.498. The average molecular weight is 379 g/mol. The fourth-order valence-corrected chi connectivity index (χ4v) is 3.73. The highest BCUT2D eigenvalue weighted by atomic mass is 35.5. The van der Waals surface area contributed by atoms with E-state index in [1.807, 2.05) is 49.9 Å². The van der Waals surface area contributed by atoms with Gasteiger partial charge in [0, 0.05) is 30.1 Å². The number of nitrogens with zero attached hydrogens (tertiary/aromatic N) is 1. The van der Waals surface area contributed by atoms with Gasteiger partial charge in [-0.05, 0) is 63.6 Å². The molecule has 1 aliphatic heterocycles. The van der Waals surface area contributed by atoms with Crippen molar-refractivity contribution in [2.45, 2.75) is 57.6 Å². The van der Waals surface area contributed by atoms with Crippen LogP contribution in [-0.4, -0.2) is 41.6 Å². The van der Waals surface area contributed by atoms with Crippen LogP contribution in [0.5, 0.6) is 0 Å². The second kappa shape index (κ2) is 7.47. The van der Waals surface area contributed by atoms with Crippen LogP contribution in [0.25, 0.3) is 0 Å². The quantitative estimate of drug-likeness (QED) is 0.866. The van der Waals surface area contributed by atoms with Crippen molar-refractivity contribution in [1.29, 1.82) is 0 Å². The molecule has 0 spiro atoms. The molecule has 2 aliphatic rings. The van der Waals surface area contributed by atoms with Crippen LogP contribution in [-0.2, 0) is 9.53 Å². The molecule has 1 heterocycles. The van der Waals surface area contributed by atoms with Crippen LogP contribution in [0.2, 0.25) is 5.02 Å². The number of carbonyl (C=O) groups is 2. The predicted molar refractivity (Wildman–Crippen MR) is 101 cm³/mol.